The summed E-state index contributed by atoms with van der Waals surface area (Å²) in [7, 11) is -3.81. The summed E-state index contributed by atoms with van der Waals surface area (Å²) < 4.78 is 27.6. The first-order valence-electron chi connectivity index (χ1n) is 8.81. The fraction of sp³-hybridized carbons (Fsp3) is 0.412. The van der Waals surface area contributed by atoms with Crippen molar-refractivity contribution in [2.24, 2.45) is 5.73 Å². The largest absolute Gasteiger partial charge is 0.365 e. The zero-order chi connectivity index (χ0) is 20.1. The quantitative estimate of drug-likeness (QED) is 0.716. The Morgan fingerprint density at radius 1 is 1.21 bits per heavy atom. The summed E-state index contributed by atoms with van der Waals surface area (Å²) in [5, 5.41) is 3.19. The highest BCUT2D eigenvalue weighted by atomic mass is 35.5. The molecule has 28 heavy (non-hydrogen) atoms. The monoisotopic (exact) mass is 459 g/mol. The minimum atomic E-state index is -3.81. The van der Waals surface area contributed by atoms with Gasteiger partial charge in [-0.15, -0.1) is 22.7 Å². The Hall–Kier alpha value is -1.46. The molecule has 4 rings (SSSR count). The molecule has 7 nitrogen and oxygen atoms in total. The minimum Gasteiger partial charge on any atom is -0.365 e. The second kappa shape index (κ2) is 7.42. The maximum Gasteiger partial charge on any atom is 0.253 e. The van der Waals surface area contributed by atoms with E-state index < -0.39 is 27.9 Å². The number of carbonyl (C=O) groups is 2. The summed E-state index contributed by atoms with van der Waals surface area (Å²) in [6.07, 6.45) is 3.59. The number of fused-ring (bicyclic) bond motifs is 1. The first-order valence-corrected chi connectivity index (χ1v) is 12.3. The molecule has 3 N–H and O–H groups in total. The van der Waals surface area contributed by atoms with Crippen LogP contribution in [0.2, 0.25) is 4.34 Å². The van der Waals surface area contributed by atoms with Gasteiger partial charge in [-0.2, -0.15) is 4.31 Å². The zero-order valence-corrected chi connectivity index (χ0v) is 17.9. The number of nitrogens with one attached hydrogen (secondary N) is 1. The van der Waals surface area contributed by atoms with Crippen LogP contribution in [0.5, 0.6) is 0 Å². The lowest BCUT2D eigenvalue weighted by molar-refractivity contribution is -0.119. The van der Waals surface area contributed by atoms with Crippen LogP contribution in [0.15, 0.2) is 16.3 Å². The van der Waals surface area contributed by atoms with Crippen molar-refractivity contribution in [2.75, 3.05) is 11.9 Å². The third-order valence-electron chi connectivity index (χ3n) is 5.02. The molecule has 0 unspecified atom stereocenters. The summed E-state index contributed by atoms with van der Waals surface area (Å²) in [5.41, 5.74) is 6.81. The summed E-state index contributed by atoms with van der Waals surface area (Å²) >= 11 is 8.20. The summed E-state index contributed by atoms with van der Waals surface area (Å²) in [4.78, 5) is 25.9. The molecule has 150 valence electrons. The molecule has 1 atom stereocenters. The normalized spacial score (nSPS) is 19.7. The topological polar surface area (TPSA) is 110 Å². The number of sulfonamides is 1. The van der Waals surface area contributed by atoms with Gasteiger partial charge in [-0.05, 0) is 49.8 Å². The summed E-state index contributed by atoms with van der Waals surface area (Å²) in [5.74, 6) is -1.01. The van der Waals surface area contributed by atoms with Crippen LogP contribution >= 0.6 is 34.3 Å². The lowest BCUT2D eigenvalue weighted by atomic mass is 10.1. The van der Waals surface area contributed by atoms with E-state index in [1.54, 1.807) is 0 Å². The van der Waals surface area contributed by atoms with Crippen molar-refractivity contribution in [3.63, 3.8) is 0 Å². The number of amides is 2. The number of aryl methyl sites for hydroxylation is 1. The molecular formula is C17H18ClN3O4S3. The number of halogens is 1. The van der Waals surface area contributed by atoms with Gasteiger partial charge in [0, 0.05) is 11.4 Å². The molecule has 0 radical (unpaired) electrons. The van der Waals surface area contributed by atoms with Gasteiger partial charge in [-0.1, -0.05) is 11.6 Å². The summed E-state index contributed by atoms with van der Waals surface area (Å²) in [6, 6.07) is 2.14. The van der Waals surface area contributed by atoms with Crippen LogP contribution in [0.3, 0.4) is 0 Å². The van der Waals surface area contributed by atoms with Crippen molar-refractivity contribution in [3.05, 3.63) is 32.5 Å². The number of nitrogens with two attached hydrogens (primary N) is 1. The van der Waals surface area contributed by atoms with E-state index in [4.69, 9.17) is 17.3 Å². The highest BCUT2D eigenvalue weighted by molar-refractivity contribution is 7.91. The Balaban J connectivity index is 1.59. The van der Waals surface area contributed by atoms with Crippen LogP contribution in [0.4, 0.5) is 5.00 Å². The Labute approximate surface area is 175 Å². The van der Waals surface area contributed by atoms with Crippen molar-refractivity contribution in [3.8, 4) is 0 Å². The fourth-order valence-electron chi connectivity index (χ4n) is 3.79. The van der Waals surface area contributed by atoms with Gasteiger partial charge < -0.3 is 11.1 Å². The number of carbonyl (C=O) groups excluding carboxylic acids is 2. The van der Waals surface area contributed by atoms with Gasteiger partial charge in [0.1, 0.15) is 15.3 Å². The molecule has 2 aliphatic rings. The molecule has 3 heterocycles. The lowest BCUT2D eigenvalue weighted by Gasteiger charge is -2.22. The van der Waals surface area contributed by atoms with E-state index in [2.05, 4.69) is 5.32 Å². The maximum atomic E-state index is 12.9. The Bertz CT molecular complexity index is 1060. The van der Waals surface area contributed by atoms with Gasteiger partial charge in [0.05, 0.1) is 9.90 Å². The Kier molecular flexibility index (Phi) is 5.25. The fourth-order valence-corrected chi connectivity index (χ4v) is 8.36. The number of hydrogen-bond acceptors (Lipinski definition) is 6. The minimum absolute atomic E-state index is 0.116. The van der Waals surface area contributed by atoms with E-state index in [0.717, 1.165) is 41.0 Å². The van der Waals surface area contributed by atoms with Crippen molar-refractivity contribution in [2.45, 2.75) is 42.4 Å². The maximum absolute atomic E-state index is 12.9. The number of anilines is 1. The van der Waals surface area contributed by atoms with Gasteiger partial charge in [-0.3, -0.25) is 9.59 Å². The van der Waals surface area contributed by atoms with Gasteiger partial charge in [-0.25, -0.2) is 8.42 Å². The molecule has 2 aromatic heterocycles. The van der Waals surface area contributed by atoms with E-state index in [9.17, 15) is 18.0 Å². The number of primary amides is 1. The van der Waals surface area contributed by atoms with Crippen LogP contribution < -0.4 is 11.1 Å². The number of rotatable bonds is 5. The molecular weight excluding hydrogens is 442 g/mol. The Morgan fingerprint density at radius 3 is 2.68 bits per heavy atom. The standard InChI is InChI=1S/C17H18ClN3O4S3/c18-12-6-7-13(27-12)28(24,25)21-8-2-4-10(21)16(23)20-17-14(15(19)22)9-3-1-5-11(9)26-17/h6-7,10H,1-5,8H2,(H2,19,22)(H,20,23)/t10-/m1/s1. The van der Waals surface area contributed by atoms with Crippen LogP contribution in [-0.4, -0.2) is 37.1 Å². The molecule has 2 aromatic rings. The van der Waals surface area contributed by atoms with Gasteiger partial charge in [0.2, 0.25) is 5.91 Å². The van der Waals surface area contributed by atoms with Crippen molar-refractivity contribution < 1.29 is 18.0 Å². The molecule has 1 saturated heterocycles. The molecule has 0 spiro atoms. The molecule has 1 aliphatic heterocycles. The smallest absolute Gasteiger partial charge is 0.253 e. The van der Waals surface area contributed by atoms with Crippen LogP contribution in [0.1, 0.15) is 40.1 Å². The molecule has 0 bridgehead atoms. The van der Waals surface area contributed by atoms with Crippen molar-refractivity contribution >= 4 is 61.1 Å². The van der Waals surface area contributed by atoms with Crippen molar-refractivity contribution in [1.29, 1.82) is 0 Å². The molecule has 1 aliphatic carbocycles. The zero-order valence-electron chi connectivity index (χ0n) is 14.7. The molecule has 0 saturated carbocycles. The first kappa shape index (κ1) is 19.8. The third kappa shape index (κ3) is 3.37. The van der Waals surface area contributed by atoms with Gasteiger partial charge in [0.25, 0.3) is 15.9 Å². The highest BCUT2D eigenvalue weighted by Gasteiger charge is 2.40. The van der Waals surface area contributed by atoms with E-state index in [1.807, 2.05) is 0 Å². The van der Waals surface area contributed by atoms with Crippen molar-refractivity contribution in [1.82, 2.24) is 4.31 Å². The second-order valence-electron chi connectivity index (χ2n) is 6.75. The lowest BCUT2D eigenvalue weighted by Crippen LogP contribution is -2.43. The number of thiophene rings is 2. The SMILES string of the molecule is NC(=O)c1c(NC(=O)[C@H]2CCCN2S(=O)(=O)c2ccc(Cl)s2)sc2c1CCC2. The van der Waals surface area contributed by atoms with Crippen LogP contribution in [0.25, 0.3) is 0 Å². The predicted molar refractivity (Wildman–Crippen MR) is 110 cm³/mol. The average Bonchev–Trinajstić information content (AvgIpc) is 3.37. The highest BCUT2D eigenvalue weighted by Crippen LogP contribution is 2.39. The number of nitrogens with zero attached hydrogens (tertiary/aromatic N) is 1. The third-order valence-corrected chi connectivity index (χ3v) is 9.84. The molecule has 1 fully saturated rings. The Morgan fingerprint density at radius 2 is 2.00 bits per heavy atom. The first-order chi connectivity index (χ1) is 13.3. The molecule has 0 aromatic carbocycles. The predicted octanol–water partition coefficient (Wildman–Crippen LogP) is 2.84. The molecule has 2 amide bonds. The average molecular weight is 460 g/mol. The molecule has 11 heteroatoms. The van der Waals surface area contributed by atoms with E-state index in [-0.39, 0.29) is 10.8 Å². The van der Waals surface area contributed by atoms with Crippen LogP contribution in [0, 0.1) is 0 Å². The van der Waals surface area contributed by atoms with E-state index >= 15 is 0 Å². The van der Waals surface area contributed by atoms with E-state index in [1.165, 1.54) is 27.8 Å². The van der Waals surface area contributed by atoms with E-state index in [0.29, 0.717) is 27.7 Å². The second-order valence-corrected chi connectivity index (χ2v) is 11.7. The van der Waals surface area contributed by atoms with Gasteiger partial charge in [0.15, 0.2) is 0 Å². The van der Waals surface area contributed by atoms with Gasteiger partial charge >= 0.3 is 0 Å². The number of hydrogen-bond donors (Lipinski definition) is 2. The van der Waals surface area contributed by atoms with Crippen LogP contribution in [-0.2, 0) is 27.7 Å². The summed E-state index contributed by atoms with van der Waals surface area (Å²) in [6.45, 7) is 0.263.